The summed E-state index contributed by atoms with van der Waals surface area (Å²) in [7, 11) is 4.09. The van der Waals surface area contributed by atoms with E-state index in [0.29, 0.717) is 13.0 Å². The van der Waals surface area contributed by atoms with E-state index in [0.717, 1.165) is 32.7 Å². The summed E-state index contributed by atoms with van der Waals surface area (Å²) in [6, 6.07) is 18.9. The first-order valence-corrected chi connectivity index (χ1v) is 10.0. The van der Waals surface area contributed by atoms with E-state index in [1.165, 1.54) is 16.8 Å². The Bertz CT molecular complexity index is 725. The first kappa shape index (κ1) is 20.4. The quantitative estimate of drug-likeness (QED) is 0.764. The van der Waals surface area contributed by atoms with Gasteiger partial charge in [-0.05, 0) is 29.7 Å². The lowest BCUT2D eigenvalue weighted by molar-refractivity contribution is -0.121. The van der Waals surface area contributed by atoms with Crippen molar-refractivity contribution in [2.24, 2.45) is 0 Å². The molecule has 1 N–H and O–H groups in total. The summed E-state index contributed by atoms with van der Waals surface area (Å²) in [5, 5.41) is 3.15. The third-order valence-corrected chi connectivity index (χ3v) is 5.26. The summed E-state index contributed by atoms with van der Waals surface area (Å²) in [6.07, 6.45) is 1.28. The molecule has 0 spiro atoms. The predicted octanol–water partition coefficient (Wildman–Crippen LogP) is 2.87. The Balaban J connectivity index is 1.61. The molecule has 0 unspecified atom stereocenters. The van der Waals surface area contributed by atoms with Gasteiger partial charge in [-0.3, -0.25) is 9.69 Å². The Morgan fingerprint density at radius 1 is 1.07 bits per heavy atom. The average Bonchev–Trinajstić information content (AvgIpc) is 2.74. The fourth-order valence-corrected chi connectivity index (χ4v) is 3.54. The van der Waals surface area contributed by atoms with Gasteiger partial charge in [-0.1, -0.05) is 42.5 Å². The van der Waals surface area contributed by atoms with Crippen molar-refractivity contribution in [2.75, 3.05) is 51.8 Å². The van der Waals surface area contributed by atoms with Gasteiger partial charge >= 0.3 is 0 Å². The fourth-order valence-electron chi connectivity index (χ4n) is 3.54. The van der Waals surface area contributed by atoms with Crippen LogP contribution in [-0.2, 0) is 16.0 Å². The minimum atomic E-state index is 0.104. The summed E-state index contributed by atoms with van der Waals surface area (Å²) in [5.41, 5.74) is 3.61. The highest BCUT2D eigenvalue weighted by atomic mass is 16.5. The van der Waals surface area contributed by atoms with E-state index in [1.807, 2.05) is 32.3 Å². The molecule has 0 aliphatic carbocycles. The fraction of sp³-hybridized carbons (Fsp3) is 0.435. The monoisotopic (exact) mass is 381 g/mol. The van der Waals surface area contributed by atoms with Crippen molar-refractivity contribution in [3.05, 3.63) is 65.7 Å². The van der Waals surface area contributed by atoms with Gasteiger partial charge in [0.1, 0.15) is 0 Å². The summed E-state index contributed by atoms with van der Waals surface area (Å²) < 4.78 is 5.51. The molecule has 0 aromatic heterocycles. The molecule has 150 valence electrons. The summed E-state index contributed by atoms with van der Waals surface area (Å²) in [5.74, 6) is 0.104. The van der Waals surface area contributed by atoms with Crippen molar-refractivity contribution in [1.29, 1.82) is 0 Å². The highest BCUT2D eigenvalue weighted by molar-refractivity contribution is 5.76. The zero-order chi connectivity index (χ0) is 19.8. The highest BCUT2D eigenvalue weighted by Crippen LogP contribution is 2.24. The number of benzene rings is 2. The molecule has 1 aliphatic heterocycles. The number of carbonyl (C=O) groups is 1. The van der Waals surface area contributed by atoms with Gasteiger partial charge < -0.3 is 15.0 Å². The van der Waals surface area contributed by atoms with E-state index in [-0.39, 0.29) is 11.9 Å². The molecule has 28 heavy (non-hydrogen) atoms. The molecule has 0 saturated carbocycles. The molecular weight excluding hydrogens is 350 g/mol. The lowest BCUT2D eigenvalue weighted by atomic mass is 10.0. The number of hydrogen-bond donors (Lipinski definition) is 1. The maximum atomic E-state index is 12.4. The molecule has 1 aliphatic rings. The Hall–Kier alpha value is -2.37. The number of aryl methyl sites for hydroxylation is 1. The second-order valence-corrected chi connectivity index (χ2v) is 7.44. The van der Waals surface area contributed by atoms with Gasteiger partial charge in [0.25, 0.3) is 0 Å². The van der Waals surface area contributed by atoms with Gasteiger partial charge in [-0.25, -0.2) is 0 Å². The van der Waals surface area contributed by atoms with E-state index in [2.05, 4.69) is 51.5 Å². The van der Waals surface area contributed by atoms with Gasteiger partial charge in [0.05, 0.1) is 19.3 Å². The standard InChI is InChI=1S/C23H31N3O2/c1-25(2)21-11-9-20(10-12-21)22(26-14-16-28-17-15-26)18-24-23(27)13-8-19-6-4-3-5-7-19/h3-7,9-12,22H,8,13-18H2,1-2H3,(H,24,27)/t22-/m1/s1. The maximum absolute atomic E-state index is 12.4. The predicted molar refractivity (Wildman–Crippen MR) is 114 cm³/mol. The van der Waals surface area contributed by atoms with Crippen LogP contribution in [0.3, 0.4) is 0 Å². The SMILES string of the molecule is CN(C)c1ccc([C@@H](CNC(=O)CCc2ccccc2)N2CCOCC2)cc1. The second-order valence-electron chi connectivity index (χ2n) is 7.44. The van der Waals surface area contributed by atoms with Crippen molar-refractivity contribution in [3.8, 4) is 0 Å². The first-order valence-electron chi connectivity index (χ1n) is 10.0. The third kappa shape index (κ3) is 5.81. The smallest absolute Gasteiger partial charge is 0.220 e. The van der Waals surface area contributed by atoms with Crippen LogP contribution in [0.15, 0.2) is 54.6 Å². The van der Waals surface area contributed by atoms with Gasteiger partial charge in [0, 0.05) is 45.8 Å². The number of rotatable bonds is 8. The Morgan fingerprint density at radius 2 is 1.75 bits per heavy atom. The third-order valence-electron chi connectivity index (χ3n) is 5.26. The number of hydrogen-bond acceptors (Lipinski definition) is 4. The Labute approximate surface area is 168 Å². The van der Waals surface area contributed by atoms with Crippen LogP contribution in [0.5, 0.6) is 0 Å². The van der Waals surface area contributed by atoms with Crippen LogP contribution in [0.1, 0.15) is 23.6 Å². The van der Waals surface area contributed by atoms with Crippen molar-refractivity contribution in [1.82, 2.24) is 10.2 Å². The van der Waals surface area contributed by atoms with Gasteiger partial charge in [-0.15, -0.1) is 0 Å². The zero-order valence-electron chi connectivity index (χ0n) is 16.9. The highest BCUT2D eigenvalue weighted by Gasteiger charge is 2.23. The summed E-state index contributed by atoms with van der Waals surface area (Å²) in [4.78, 5) is 16.9. The summed E-state index contributed by atoms with van der Waals surface area (Å²) in [6.45, 7) is 3.89. The van der Waals surface area contributed by atoms with E-state index < -0.39 is 0 Å². The van der Waals surface area contributed by atoms with Crippen LogP contribution in [0.4, 0.5) is 5.69 Å². The van der Waals surface area contributed by atoms with Gasteiger partial charge in [-0.2, -0.15) is 0 Å². The lowest BCUT2D eigenvalue weighted by Gasteiger charge is -2.35. The largest absolute Gasteiger partial charge is 0.379 e. The van der Waals surface area contributed by atoms with Crippen molar-refractivity contribution >= 4 is 11.6 Å². The molecule has 0 bridgehead atoms. The number of carbonyl (C=O) groups excluding carboxylic acids is 1. The lowest BCUT2D eigenvalue weighted by Crippen LogP contribution is -2.43. The molecule has 1 fully saturated rings. The van der Waals surface area contributed by atoms with Crippen LogP contribution >= 0.6 is 0 Å². The molecule has 3 rings (SSSR count). The molecule has 2 aromatic rings. The van der Waals surface area contributed by atoms with Crippen LogP contribution in [0, 0.1) is 0 Å². The summed E-state index contributed by atoms with van der Waals surface area (Å²) >= 11 is 0. The van der Waals surface area contributed by atoms with Crippen molar-refractivity contribution in [2.45, 2.75) is 18.9 Å². The number of ether oxygens (including phenoxy) is 1. The topological polar surface area (TPSA) is 44.8 Å². The van der Waals surface area contributed by atoms with Crippen LogP contribution in [-0.4, -0.2) is 57.8 Å². The molecule has 2 aromatic carbocycles. The van der Waals surface area contributed by atoms with Crippen molar-refractivity contribution in [3.63, 3.8) is 0 Å². The molecule has 1 amide bonds. The second kappa shape index (κ2) is 10.2. The number of nitrogens with zero attached hydrogens (tertiary/aromatic N) is 2. The molecule has 0 radical (unpaired) electrons. The maximum Gasteiger partial charge on any atom is 0.220 e. The number of nitrogens with one attached hydrogen (secondary N) is 1. The minimum absolute atomic E-state index is 0.104. The molecule has 1 heterocycles. The van der Waals surface area contributed by atoms with Gasteiger partial charge in [0.15, 0.2) is 0 Å². The first-order chi connectivity index (χ1) is 13.6. The molecule has 5 heteroatoms. The van der Waals surface area contributed by atoms with E-state index >= 15 is 0 Å². The van der Waals surface area contributed by atoms with E-state index in [1.54, 1.807) is 0 Å². The number of morpholine rings is 1. The minimum Gasteiger partial charge on any atom is -0.379 e. The van der Waals surface area contributed by atoms with E-state index in [9.17, 15) is 4.79 Å². The number of anilines is 1. The normalized spacial score (nSPS) is 15.8. The molecule has 5 nitrogen and oxygen atoms in total. The number of amides is 1. The van der Waals surface area contributed by atoms with Crippen LogP contribution in [0.25, 0.3) is 0 Å². The van der Waals surface area contributed by atoms with Crippen LogP contribution in [0.2, 0.25) is 0 Å². The molecule has 1 atom stereocenters. The Kier molecular flexibility index (Phi) is 7.46. The van der Waals surface area contributed by atoms with Gasteiger partial charge in [0.2, 0.25) is 5.91 Å². The molecular formula is C23H31N3O2. The Morgan fingerprint density at radius 3 is 2.39 bits per heavy atom. The average molecular weight is 382 g/mol. The van der Waals surface area contributed by atoms with Crippen LogP contribution < -0.4 is 10.2 Å². The van der Waals surface area contributed by atoms with Crippen molar-refractivity contribution < 1.29 is 9.53 Å². The van der Waals surface area contributed by atoms with E-state index in [4.69, 9.17) is 4.74 Å². The zero-order valence-corrected chi connectivity index (χ0v) is 16.9. The molecule has 1 saturated heterocycles.